The summed E-state index contributed by atoms with van der Waals surface area (Å²) >= 11 is 0. The van der Waals surface area contributed by atoms with E-state index in [9.17, 15) is 5.11 Å². The van der Waals surface area contributed by atoms with Gasteiger partial charge < -0.3 is 5.11 Å². The highest BCUT2D eigenvalue weighted by molar-refractivity contribution is 5.15. The van der Waals surface area contributed by atoms with Crippen LogP contribution in [0.1, 0.15) is 65.2 Å². The van der Waals surface area contributed by atoms with Gasteiger partial charge in [0.25, 0.3) is 0 Å². The highest BCUT2D eigenvalue weighted by atomic mass is 16.3. The third kappa shape index (κ3) is 3.45. The highest BCUT2D eigenvalue weighted by Crippen LogP contribution is 2.29. The van der Waals surface area contributed by atoms with Crippen LogP contribution in [0, 0.1) is 0 Å². The number of rotatable bonds is 3. The molecule has 1 aliphatic carbocycles. The molecule has 0 aromatic carbocycles. The van der Waals surface area contributed by atoms with Gasteiger partial charge in [-0.2, -0.15) is 0 Å². The zero-order chi connectivity index (χ0) is 10.4. The summed E-state index contributed by atoms with van der Waals surface area (Å²) in [6.07, 6.45) is 11.8. The second-order valence-corrected chi connectivity index (χ2v) is 4.71. The first-order valence-corrected chi connectivity index (χ1v) is 6.08. The van der Waals surface area contributed by atoms with Crippen LogP contribution in [-0.2, 0) is 0 Å². The molecule has 0 aromatic heterocycles. The van der Waals surface area contributed by atoms with Crippen molar-refractivity contribution in [3.63, 3.8) is 0 Å². The molecule has 0 aliphatic heterocycles. The van der Waals surface area contributed by atoms with Gasteiger partial charge in [0.1, 0.15) is 0 Å². The fraction of sp³-hybridized carbons (Fsp3) is 0.846. The van der Waals surface area contributed by atoms with Crippen molar-refractivity contribution in [1.29, 1.82) is 0 Å². The van der Waals surface area contributed by atoms with E-state index in [1.807, 2.05) is 6.92 Å². The Hall–Kier alpha value is -0.300. The summed E-state index contributed by atoms with van der Waals surface area (Å²) in [6.45, 7) is 4.11. The Balaban J connectivity index is 2.61. The smallest absolute Gasteiger partial charge is 0.0828 e. The van der Waals surface area contributed by atoms with E-state index in [2.05, 4.69) is 13.0 Å². The predicted molar refractivity (Wildman–Crippen MR) is 61.3 cm³/mol. The summed E-state index contributed by atoms with van der Waals surface area (Å²) in [7, 11) is 0. The lowest BCUT2D eigenvalue weighted by Crippen LogP contribution is -2.27. The molecule has 0 saturated carbocycles. The van der Waals surface area contributed by atoms with Gasteiger partial charge >= 0.3 is 0 Å². The number of hydrogen-bond donors (Lipinski definition) is 1. The van der Waals surface area contributed by atoms with E-state index < -0.39 is 5.60 Å². The van der Waals surface area contributed by atoms with E-state index in [1.54, 1.807) is 0 Å². The molecule has 0 fully saturated rings. The molecule has 0 bridgehead atoms. The maximum absolute atomic E-state index is 10.3. The van der Waals surface area contributed by atoms with Crippen molar-refractivity contribution in [2.45, 2.75) is 70.8 Å². The quantitative estimate of drug-likeness (QED) is 0.680. The van der Waals surface area contributed by atoms with Crippen molar-refractivity contribution < 1.29 is 5.11 Å². The molecule has 1 nitrogen and oxygen atoms in total. The van der Waals surface area contributed by atoms with Crippen LogP contribution in [0.25, 0.3) is 0 Å². The average molecular weight is 196 g/mol. The molecule has 14 heavy (non-hydrogen) atoms. The third-order valence-corrected chi connectivity index (χ3v) is 3.22. The molecule has 1 N–H and O–H groups in total. The minimum Gasteiger partial charge on any atom is -0.386 e. The van der Waals surface area contributed by atoms with E-state index in [1.165, 1.54) is 31.3 Å². The molecule has 1 atom stereocenters. The van der Waals surface area contributed by atoms with Gasteiger partial charge in [-0.3, -0.25) is 0 Å². The monoisotopic (exact) mass is 196 g/mol. The number of hydrogen-bond acceptors (Lipinski definition) is 1. The number of aliphatic hydroxyl groups is 1. The van der Waals surface area contributed by atoms with Crippen molar-refractivity contribution >= 4 is 0 Å². The van der Waals surface area contributed by atoms with Crippen LogP contribution in [0.5, 0.6) is 0 Å². The van der Waals surface area contributed by atoms with Gasteiger partial charge in [0.2, 0.25) is 0 Å². The van der Waals surface area contributed by atoms with E-state index in [4.69, 9.17) is 0 Å². The van der Waals surface area contributed by atoms with Crippen molar-refractivity contribution in [2.75, 3.05) is 0 Å². The molecule has 1 unspecified atom stereocenters. The maximum Gasteiger partial charge on any atom is 0.0828 e. The molecular formula is C13H24O. The van der Waals surface area contributed by atoms with Crippen molar-refractivity contribution in [1.82, 2.24) is 0 Å². The lowest BCUT2D eigenvalue weighted by atomic mass is 9.85. The Bertz CT molecular complexity index is 191. The Morgan fingerprint density at radius 1 is 1.29 bits per heavy atom. The first kappa shape index (κ1) is 11.8. The Kier molecular flexibility index (Phi) is 4.67. The predicted octanol–water partition coefficient (Wildman–Crippen LogP) is 3.82. The Labute approximate surface area is 88.2 Å². The van der Waals surface area contributed by atoms with Crippen LogP contribution >= 0.6 is 0 Å². The van der Waals surface area contributed by atoms with Crippen LogP contribution in [0.4, 0.5) is 0 Å². The van der Waals surface area contributed by atoms with Crippen molar-refractivity contribution in [3.8, 4) is 0 Å². The molecule has 0 spiro atoms. The van der Waals surface area contributed by atoms with E-state index in [0.29, 0.717) is 0 Å². The summed E-state index contributed by atoms with van der Waals surface area (Å²) in [6, 6.07) is 0. The van der Waals surface area contributed by atoms with Gasteiger partial charge in [0.15, 0.2) is 0 Å². The van der Waals surface area contributed by atoms with E-state index >= 15 is 0 Å². The zero-order valence-corrected chi connectivity index (χ0v) is 9.68. The molecule has 0 aromatic rings. The largest absolute Gasteiger partial charge is 0.386 e. The SMILES string of the molecule is CCCC(C)(O)C1=CCCCCCC1. The topological polar surface area (TPSA) is 20.2 Å². The second kappa shape index (κ2) is 5.55. The summed E-state index contributed by atoms with van der Waals surface area (Å²) in [5.74, 6) is 0. The molecule has 0 amide bonds. The first-order chi connectivity index (χ1) is 6.67. The van der Waals surface area contributed by atoms with Crippen LogP contribution in [-0.4, -0.2) is 10.7 Å². The van der Waals surface area contributed by atoms with Crippen LogP contribution in [0.2, 0.25) is 0 Å². The van der Waals surface area contributed by atoms with Gasteiger partial charge in [-0.05, 0) is 44.6 Å². The van der Waals surface area contributed by atoms with Crippen LogP contribution in [0.3, 0.4) is 0 Å². The maximum atomic E-state index is 10.3. The summed E-state index contributed by atoms with van der Waals surface area (Å²) in [5.41, 5.74) is 0.755. The molecule has 82 valence electrons. The molecule has 0 heterocycles. The van der Waals surface area contributed by atoms with Gasteiger partial charge in [-0.1, -0.05) is 32.3 Å². The van der Waals surface area contributed by atoms with E-state index in [-0.39, 0.29) is 0 Å². The molecule has 0 radical (unpaired) electrons. The molecule has 1 rings (SSSR count). The van der Waals surface area contributed by atoms with Crippen molar-refractivity contribution in [2.24, 2.45) is 0 Å². The summed E-state index contributed by atoms with van der Waals surface area (Å²) in [4.78, 5) is 0. The first-order valence-electron chi connectivity index (χ1n) is 6.08. The number of allylic oxidation sites excluding steroid dienone is 1. The minimum absolute atomic E-state index is 0.536. The van der Waals surface area contributed by atoms with Gasteiger partial charge in [0.05, 0.1) is 5.60 Å². The van der Waals surface area contributed by atoms with Gasteiger partial charge in [0, 0.05) is 0 Å². The third-order valence-electron chi connectivity index (χ3n) is 3.22. The fourth-order valence-electron chi connectivity index (χ4n) is 2.33. The lowest BCUT2D eigenvalue weighted by Gasteiger charge is -2.27. The average Bonchev–Trinajstić information content (AvgIpc) is 2.01. The lowest BCUT2D eigenvalue weighted by molar-refractivity contribution is 0.0833. The van der Waals surface area contributed by atoms with Crippen LogP contribution < -0.4 is 0 Å². The van der Waals surface area contributed by atoms with Gasteiger partial charge in [-0.15, -0.1) is 0 Å². The molecule has 1 heteroatoms. The van der Waals surface area contributed by atoms with Gasteiger partial charge in [-0.25, -0.2) is 0 Å². The second-order valence-electron chi connectivity index (χ2n) is 4.71. The Morgan fingerprint density at radius 3 is 2.71 bits per heavy atom. The Morgan fingerprint density at radius 2 is 2.00 bits per heavy atom. The molecule has 0 saturated heterocycles. The fourth-order valence-corrected chi connectivity index (χ4v) is 2.33. The minimum atomic E-state index is -0.536. The highest BCUT2D eigenvalue weighted by Gasteiger charge is 2.24. The molecular weight excluding hydrogens is 172 g/mol. The van der Waals surface area contributed by atoms with E-state index in [0.717, 1.165) is 25.7 Å². The zero-order valence-electron chi connectivity index (χ0n) is 9.68. The summed E-state index contributed by atoms with van der Waals surface area (Å²) in [5, 5.41) is 10.3. The normalized spacial score (nSPS) is 23.2. The summed E-state index contributed by atoms with van der Waals surface area (Å²) < 4.78 is 0. The van der Waals surface area contributed by atoms with Crippen molar-refractivity contribution in [3.05, 3.63) is 11.6 Å². The van der Waals surface area contributed by atoms with Crippen LogP contribution in [0.15, 0.2) is 11.6 Å². The standard InChI is InChI=1S/C13H24O/c1-3-11-13(2,14)12-9-7-5-4-6-8-10-12/h9,14H,3-8,10-11H2,1-2H3. The molecule has 1 aliphatic rings.